The normalized spacial score (nSPS) is 23.8. The summed E-state index contributed by atoms with van der Waals surface area (Å²) in [6.45, 7) is 0. The lowest BCUT2D eigenvalue weighted by Crippen LogP contribution is -2.38. The first-order chi connectivity index (χ1) is 4.49. The van der Waals surface area contributed by atoms with Gasteiger partial charge in [0, 0.05) is 18.1 Å². The first-order valence-electron chi connectivity index (χ1n) is 2.83. The van der Waals surface area contributed by atoms with Gasteiger partial charge in [-0.05, 0) is 0 Å². The van der Waals surface area contributed by atoms with Crippen LogP contribution in [0.2, 0.25) is 0 Å². The summed E-state index contributed by atoms with van der Waals surface area (Å²) in [5, 5.41) is -0.826. The van der Waals surface area contributed by atoms with E-state index in [4.69, 9.17) is 5.73 Å². The zero-order valence-electron chi connectivity index (χ0n) is 5.14. The number of thioether (sulfide) groups is 1. The second kappa shape index (κ2) is 2.38. The molecule has 1 aliphatic carbocycles. The second-order valence-corrected chi connectivity index (χ2v) is 3.63. The molecule has 0 atom stereocenters. The molecule has 0 bridgehead atoms. The van der Waals surface area contributed by atoms with Crippen LogP contribution in [0.4, 0.5) is 13.6 Å². The van der Waals surface area contributed by atoms with Crippen molar-refractivity contribution < 1.29 is 13.6 Å². The van der Waals surface area contributed by atoms with Crippen molar-refractivity contribution in [2.75, 3.05) is 0 Å². The van der Waals surface area contributed by atoms with Gasteiger partial charge in [0.1, 0.15) is 0 Å². The largest absolute Gasteiger partial charge is 0.361 e. The molecule has 10 heavy (non-hydrogen) atoms. The Hall–Kier alpha value is -0.320. The molecule has 0 aromatic rings. The summed E-state index contributed by atoms with van der Waals surface area (Å²) in [5.74, 6) is -2.55. The third kappa shape index (κ3) is 1.83. The number of hydrogen-bond acceptors (Lipinski definition) is 2. The molecular weight excluding hydrogens is 160 g/mol. The SMILES string of the molecule is NC(=O)SC1CC(F)(F)C1. The zero-order chi connectivity index (χ0) is 7.78. The molecule has 0 aromatic heterocycles. The highest BCUT2D eigenvalue weighted by Gasteiger charge is 2.46. The van der Waals surface area contributed by atoms with E-state index in [2.05, 4.69) is 0 Å². The van der Waals surface area contributed by atoms with Gasteiger partial charge in [0.05, 0.1) is 0 Å². The highest BCUT2D eigenvalue weighted by atomic mass is 32.2. The van der Waals surface area contributed by atoms with Gasteiger partial charge >= 0.3 is 0 Å². The molecule has 0 heterocycles. The third-order valence-corrected chi connectivity index (χ3v) is 2.23. The Kier molecular flexibility index (Phi) is 1.85. The fraction of sp³-hybridized carbons (Fsp3) is 0.800. The molecule has 0 radical (unpaired) electrons. The number of amides is 1. The number of carbonyl (C=O) groups is 1. The van der Waals surface area contributed by atoms with Gasteiger partial charge in [-0.3, -0.25) is 4.79 Å². The minimum Gasteiger partial charge on any atom is -0.361 e. The monoisotopic (exact) mass is 167 g/mol. The van der Waals surface area contributed by atoms with Crippen molar-refractivity contribution in [2.45, 2.75) is 24.0 Å². The molecular formula is C5H7F2NOS. The van der Waals surface area contributed by atoms with Crippen molar-refractivity contribution in [3.63, 3.8) is 0 Å². The van der Waals surface area contributed by atoms with Gasteiger partial charge in [-0.15, -0.1) is 0 Å². The molecule has 1 amide bonds. The summed E-state index contributed by atoms with van der Waals surface area (Å²) in [6, 6.07) is 0. The van der Waals surface area contributed by atoms with Crippen molar-refractivity contribution in [2.24, 2.45) is 5.73 Å². The smallest absolute Gasteiger partial charge is 0.276 e. The summed E-state index contributed by atoms with van der Waals surface area (Å²) in [5.41, 5.74) is 4.77. The summed E-state index contributed by atoms with van der Waals surface area (Å²) >= 11 is 0.802. The van der Waals surface area contributed by atoms with E-state index in [1.54, 1.807) is 0 Å². The standard InChI is InChI=1S/C5H7F2NOS/c6-5(7)1-3(2-5)10-4(8)9/h3H,1-2H2,(H2,8,9). The van der Waals surface area contributed by atoms with Crippen LogP contribution in [0, 0.1) is 0 Å². The van der Waals surface area contributed by atoms with E-state index in [0.29, 0.717) is 0 Å². The second-order valence-electron chi connectivity index (χ2n) is 2.32. The van der Waals surface area contributed by atoms with Gasteiger partial charge in [0.2, 0.25) is 5.92 Å². The Morgan fingerprint density at radius 3 is 2.40 bits per heavy atom. The van der Waals surface area contributed by atoms with Crippen molar-refractivity contribution in [3.8, 4) is 0 Å². The molecule has 0 aromatic carbocycles. The number of nitrogens with two attached hydrogens (primary N) is 1. The predicted octanol–water partition coefficient (Wildman–Crippen LogP) is 1.60. The average Bonchev–Trinajstić information content (AvgIpc) is 1.57. The number of hydrogen-bond donors (Lipinski definition) is 1. The van der Waals surface area contributed by atoms with Crippen LogP contribution >= 0.6 is 11.8 Å². The van der Waals surface area contributed by atoms with Gasteiger partial charge in [-0.2, -0.15) is 0 Å². The molecule has 0 spiro atoms. The Balaban J connectivity index is 2.21. The summed E-state index contributed by atoms with van der Waals surface area (Å²) < 4.78 is 24.1. The maximum atomic E-state index is 12.1. The van der Waals surface area contributed by atoms with E-state index in [-0.39, 0.29) is 18.1 Å². The summed E-state index contributed by atoms with van der Waals surface area (Å²) in [4.78, 5) is 10.2. The van der Waals surface area contributed by atoms with Crippen LogP contribution in [-0.4, -0.2) is 16.4 Å². The number of alkyl halides is 2. The fourth-order valence-electron chi connectivity index (χ4n) is 0.854. The van der Waals surface area contributed by atoms with Crippen molar-refractivity contribution >= 4 is 17.0 Å². The van der Waals surface area contributed by atoms with E-state index >= 15 is 0 Å². The quantitative estimate of drug-likeness (QED) is 0.644. The van der Waals surface area contributed by atoms with Crippen LogP contribution in [0.15, 0.2) is 0 Å². The maximum absolute atomic E-state index is 12.1. The maximum Gasteiger partial charge on any atom is 0.276 e. The molecule has 1 fully saturated rings. The number of primary amides is 1. The highest BCUT2D eigenvalue weighted by molar-refractivity contribution is 8.14. The Bertz CT molecular complexity index is 154. The predicted molar refractivity (Wildman–Crippen MR) is 35.1 cm³/mol. The van der Waals surface area contributed by atoms with Crippen LogP contribution in [0.3, 0.4) is 0 Å². The topological polar surface area (TPSA) is 43.1 Å². The van der Waals surface area contributed by atoms with Crippen LogP contribution in [0.5, 0.6) is 0 Å². The molecule has 1 rings (SSSR count). The lowest BCUT2D eigenvalue weighted by atomic mass is 9.94. The lowest BCUT2D eigenvalue weighted by molar-refractivity contribution is -0.0665. The minimum absolute atomic E-state index is 0.208. The fourth-order valence-corrected chi connectivity index (χ4v) is 1.84. The molecule has 2 nitrogen and oxygen atoms in total. The highest BCUT2D eigenvalue weighted by Crippen LogP contribution is 2.43. The number of rotatable bonds is 1. The van der Waals surface area contributed by atoms with Gasteiger partial charge in [-0.25, -0.2) is 8.78 Å². The molecule has 2 N–H and O–H groups in total. The van der Waals surface area contributed by atoms with Crippen LogP contribution < -0.4 is 5.73 Å². The molecule has 0 saturated heterocycles. The molecule has 1 aliphatic rings. The molecule has 5 heteroatoms. The Labute approximate surface area is 61.1 Å². The zero-order valence-corrected chi connectivity index (χ0v) is 5.96. The number of carbonyl (C=O) groups excluding carboxylic acids is 1. The number of halogens is 2. The van der Waals surface area contributed by atoms with E-state index in [9.17, 15) is 13.6 Å². The molecule has 1 saturated carbocycles. The Morgan fingerprint density at radius 2 is 2.10 bits per heavy atom. The summed E-state index contributed by atoms with van der Waals surface area (Å²) in [7, 11) is 0. The lowest BCUT2D eigenvalue weighted by Gasteiger charge is -2.33. The van der Waals surface area contributed by atoms with Crippen molar-refractivity contribution in [1.29, 1.82) is 0 Å². The molecule has 0 unspecified atom stereocenters. The van der Waals surface area contributed by atoms with Gasteiger partial charge in [0.25, 0.3) is 5.24 Å². The van der Waals surface area contributed by atoms with Gasteiger partial charge in [-0.1, -0.05) is 11.8 Å². The van der Waals surface area contributed by atoms with E-state index in [0.717, 1.165) is 11.8 Å². The Morgan fingerprint density at radius 1 is 1.60 bits per heavy atom. The van der Waals surface area contributed by atoms with Crippen LogP contribution in [-0.2, 0) is 0 Å². The van der Waals surface area contributed by atoms with E-state index in [1.165, 1.54) is 0 Å². The van der Waals surface area contributed by atoms with Crippen LogP contribution in [0.1, 0.15) is 12.8 Å². The van der Waals surface area contributed by atoms with E-state index < -0.39 is 11.2 Å². The molecule has 58 valence electrons. The minimum atomic E-state index is -2.55. The third-order valence-electron chi connectivity index (χ3n) is 1.34. The molecule has 0 aliphatic heterocycles. The van der Waals surface area contributed by atoms with Gasteiger partial charge < -0.3 is 5.73 Å². The first kappa shape index (κ1) is 7.78. The van der Waals surface area contributed by atoms with Crippen molar-refractivity contribution in [3.05, 3.63) is 0 Å². The average molecular weight is 167 g/mol. The van der Waals surface area contributed by atoms with Crippen LogP contribution in [0.25, 0.3) is 0 Å². The van der Waals surface area contributed by atoms with Gasteiger partial charge in [0.15, 0.2) is 0 Å². The first-order valence-corrected chi connectivity index (χ1v) is 3.71. The summed E-state index contributed by atoms with van der Waals surface area (Å²) in [6.07, 6.45) is -0.415. The van der Waals surface area contributed by atoms with E-state index in [1.807, 2.05) is 0 Å². The van der Waals surface area contributed by atoms with Crippen molar-refractivity contribution in [1.82, 2.24) is 0 Å².